The van der Waals surface area contributed by atoms with Crippen LogP contribution in [0.1, 0.15) is 38.9 Å². The van der Waals surface area contributed by atoms with E-state index in [-0.39, 0.29) is 30.1 Å². The molecule has 2 aromatic rings. The highest BCUT2D eigenvalue weighted by Crippen LogP contribution is 2.19. The van der Waals surface area contributed by atoms with Crippen molar-refractivity contribution in [3.63, 3.8) is 0 Å². The quantitative estimate of drug-likeness (QED) is 0.153. The number of anilines is 1. The molecular formula is C23H35IN4O2. The number of hydrogen-bond donors (Lipinski definition) is 4. The van der Waals surface area contributed by atoms with Crippen molar-refractivity contribution in [1.82, 2.24) is 10.6 Å². The van der Waals surface area contributed by atoms with Gasteiger partial charge >= 0.3 is 0 Å². The number of aliphatic hydroxyl groups excluding tert-OH is 1. The Morgan fingerprint density at radius 2 is 1.70 bits per heavy atom. The number of aliphatic imine (C=N–C) groups is 1. The molecule has 0 saturated heterocycles. The summed E-state index contributed by atoms with van der Waals surface area (Å²) in [6.07, 6.45) is 0.435. The smallest absolute Gasteiger partial charge is 0.191 e. The summed E-state index contributed by atoms with van der Waals surface area (Å²) in [4.78, 5) is 4.51. The summed E-state index contributed by atoms with van der Waals surface area (Å²) in [5, 5.41) is 20.3. The van der Waals surface area contributed by atoms with Gasteiger partial charge in [-0.3, -0.25) is 4.99 Å². The lowest BCUT2D eigenvalue weighted by Crippen LogP contribution is -2.38. The zero-order valence-electron chi connectivity index (χ0n) is 18.1. The van der Waals surface area contributed by atoms with Crippen LogP contribution in [0, 0.1) is 0 Å². The minimum absolute atomic E-state index is 0. The van der Waals surface area contributed by atoms with E-state index in [1.807, 2.05) is 63.2 Å². The Morgan fingerprint density at radius 3 is 2.33 bits per heavy atom. The zero-order chi connectivity index (χ0) is 20.9. The molecule has 0 amide bonds. The number of halogens is 1. The number of hydrogen-bond acceptors (Lipinski definition) is 4. The van der Waals surface area contributed by atoms with Gasteiger partial charge in [-0.1, -0.05) is 30.3 Å². The number of nitrogens with one attached hydrogen (secondary N) is 3. The van der Waals surface area contributed by atoms with Crippen LogP contribution < -0.4 is 20.7 Å². The Kier molecular flexibility index (Phi) is 12.9. The van der Waals surface area contributed by atoms with Crippen molar-refractivity contribution < 1.29 is 9.84 Å². The lowest BCUT2D eigenvalue weighted by molar-refractivity contribution is 0.186. The second-order valence-corrected chi connectivity index (χ2v) is 7.04. The molecule has 4 N–H and O–H groups in total. The molecule has 1 unspecified atom stereocenters. The molecule has 0 radical (unpaired) electrons. The molecule has 166 valence electrons. The molecule has 1 atom stereocenters. The van der Waals surface area contributed by atoms with Crippen molar-refractivity contribution in [3.05, 3.63) is 60.2 Å². The number of ether oxygens (including phenoxy) is 1. The van der Waals surface area contributed by atoms with E-state index in [0.717, 1.165) is 43.1 Å². The fourth-order valence-corrected chi connectivity index (χ4v) is 2.75. The van der Waals surface area contributed by atoms with Gasteiger partial charge in [0.25, 0.3) is 0 Å². The van der Waals surface area contributed by atoms with Gasteiger partial charge < -0.3 is 25.8 Å². The van der Waals surface area contributed by atoms with Crippen molar-refractivity contribution in [3.8, 4) is 5.75 Å². The minimum Gasteiger partial charge on any atom is -0.491 e. The first-order valence-electron chi connectivity index (χ1n) is 10.3. The molecule has 7 heteroatoms. The predicted octanol–water partition coefficient (Wildman–Crippen LogP) is 4.18. The van der Waals surface area contributed by atoms with Gasteiger partial charge in [0.15, 0.2) is 5.96 Å². The molecule has 0 spiro atoms. The van der Waals surface area contributed by atoms with Crippen LogP contribution in [0.15, 0.2) is 59.6 Å². The van der Waals surface area contributed by atoms with Gasteiger partial charge in [-0.25, -0.2) is 0 Å². The van der Waals surface area contributed by atoms with E-state index < -0.39 is 6.10 Å². The number of nitrogens with zero attached hydrogens (tertiary/aromatic N) is 1. The van der Waals surface area contributed by atoms with E-state index in [9.17, 15) is 5.11 Å². The third kappa shape index (κ3) is 10.2. The van der Waals surface area contributed by atoms with E-state index >= 15 is 0 Å². The standard InChI is InChI=1S/C23H34N4O2.HI/c1-4-24-23(26-16-8-15-25-20-9-6-5-7-10-20)27-17-22(28)19-11-13-21(14-12-19)29-18(2)3;/h5-7,9-14,18,22,25,28H,4,8,15-17H2,1-3H3,(H2,24,26,27);1H. The monoisotopic (exact) mass is 526 g/mol. The summed E-state index contributed by atoms with van der Waals surface area (Å²) < 4.78 is 5.64. The van der Waals surface area contributed by atoms with E-state index in [1.54, 1.807) is 0 Å². The van der Waals surface area contributed by atoms with E-state index in [2.05, 4.69) is 33.1 Å². The first-order chi connectivity index (χ1) is 14.1. The molecule has 0 bridgehead atoms. The molecule has 2 aromatic carbocycles. The summed E-state index contributed by atoms with van der Waals surface area (Å²) in [5.74, 6) is 1.52. The molecule has 0 aliphatic carbocycles. The van der Waals surface area contributed by atoms with E-state index in [0.29, 0.717) is 12.5 Å². The van der Waals surface area contributed by atoms with Gasteiger partial charge in [-0.05, 0) is 57.0 Å². The fraction of sp³-hybridized carbons (Fsp3) is 0.435. The third-order valence-electron chi connectivity index (χ3n) is 4.15. The highest BCUT2D eigenvalue weighted by Gasteiger charge is 2.08. The number of benzene rings is 2. The fourth-order valence-electron chi connectivity index (χ4n) is 2.75. The van der Waals surface area contributed by atoms with Crippen LogP contribution in [-0.2, 0) is 0 Å². The SMILES string of the molecule is CCNC(=NCC(O)c1ccc(OC(C)C)cc1)NCCCNc1ccccc1.I. The second kappa shape index (κ2) is 14.9. The lowest BCUT2D eigenvalue weighted by Gasteiger charge is -2.14. The minimum atomic E-state index is -0.654. The Balaban J connectivity index is 0.00000450. The number of aliphatic hydroxyl groups is 1. The summed E-state index contributed by atoms with van der Waals surface area (Å²) in [6, 6.07) is 17.7. The van der Waals surface area contributed by atoms with Crippen molar-refractivity contribution in [2.75, 3.05) is 31.5 Å². The molecule has 0 aromatic heterocycles. The first kappa shape index (κ1) is 26.0. The van der Waals surface area contributed by atoms with Crippen molar-refractivity contribution in [2.45, 2.75) is 39.4 Å². The molecular weight excluding hydrogens is 491 g/mol. The molecule has 2 rings (SSSR count). The predicted molar refractivity (Wildman–Crippen MR) is 136 cm³/mol. The third-order valence-corrected chi connectivity index (χ3v) is 4.15. The van der Waals surface area contributed by atoms with Crippen LogP contribution in [0.4, 0.5) is 5.69 Å². The van der Waals surface area contributed by atoms with Crippen molar-refractivity contribution in [1.29, 1.82) is 0 Å². The van der Waals surface area contributed by atoms with Crippen LogP contribution in [-0.4, -0.2) is 43.3 Å². The first-order valence-corrected chi connectivity index (χ1v) is 10.3. The topological polar surface area (TPSA) is 77.9 Å². The van der Waals surface area contributed by atoms with E-state index in [4.69, 9.17) is 4.74 Å². The summed E-state index contributed by atoms with van der Waals surface area (Å²) in [7, 11) is 0. The number of para-hydroxylation sites is 1. The Bertz CT molecular complexity index is 724. The van der Waals surface area contributed by atoms with Gasteiger partial charge in [0.1, 0.15) is 5.75 Å². The molecule has 6 nitrogen and oxygen atoms in total. The highest BCUT2D eigenvalue weighted by atomic mass is 127. The highest BCUT2D eigenvalue weighted by molar-refractivity contribution is 14.0. The maximum atomic E-state index is 10.4. The average molecular weight is 526 g/mol. The molecule has 0 heterocycles. The van der Waals surface area contributed by atoms with E-state index in [1.165, 1.54) is 0 Å². The summed E-state index contributed by atoms with van der Waals surface area (Å²) in [5.41, 5.74) is 1.95. The maximum absolute atomic E-state index is 10.4. The molecule has 0 fully saturated rings. The lowest BCUT2D eigenvalue weighted by atomic mass is 10.1. The molecule has 0 aliphatic heterocycles. The number of rotatable bonds is 11. The Hall–Kier alpha value is -2.00. The van der Waals surface area contributed by atoms with Crippen LogP contribution in [0.25, 0.3) is 0 Å². The largest absolute Gasteiger partial charge is 0.491 e. The molecule has 0 saturated carbocycles. The van der Waals surface area contributed by atoms with Crippen molar-refractivity contribution in [2.24, 2.45) is 4.99 Å². The van der Waals surface area contributed by atoms with Crippen molar-refractivity contribution >= 4 is 35.6 Å². The van der Waals surface area contributed by atoms with Gasteiger partial charge in [0.2, 0.25) is 0 Å². The zero-order valence-corrected chi connectivity index (χ0v) is 20.4. The van der Waals surface area contributed by atoms with Gasteiger partial charge in [0.05, 0.1) is 18.8 Å². The van der Waals surface area contributed by atoms with Gasteiger partial charge in [0, 0.05) is 25.3 Å². The maximum Gasteiger partial charge on any atom is 0.191 e. The van der Waals surface area contributed by atoms with Crippen LogP contribution in [0.2, 0.25) is 0 Å². The second-order valence-electron chi connectivity index (χ2n) is 7.04. The number of guanidine groups is 1. The Morgan fingerprint density at radius 1 is 1.00 bits per heavy atom. The Labute approximate surface area is 197 Å². The van der Waals surface area contributed by atoms with Gasteiger partial charge in [-0.15, -0.1) is 24.0 Å². The molecule has 0 aliphatic rings. The van der Waals surface area contributed by atoms with Crippen LogP contribution in [0.3, 0.4) is 0 Å². The summed E-state index contributed by atoms with van der Waals surface area (Å²) >= 11 is 0. The normalized spacial score (nSPS) is 12.1. The van der Waals surface area contributed by atoms with Gasteiger partial charge in [-0.2, -0.15) is 0 Å². The summed E-state index contributed by atoms with van der Waals surface area (Å²) in [6.45, 7) is 8.74. The average Bonchev–Trinajstić information content (AvgIpc) is 2.72. The van der Waals surface area contributed by atoms with Crippen LogP contribution >= 0.6 is 24.0 Å². The molecule has 30 heavy (non-hydrogen) atoms. The van der Waals surface area contributed by atoms with Crippen LogP contribution in [0.5, 0.6) is 5.75 Å².